The number of rotatable bonds is 6. The van der Waals surface area contributed by atoms with E-state index in [0.29, 0.717) is 43.2 Å². The Labute approximate surface area is 139 Å². The van der Waals surface area contributed by atoms with E-state index in [4.69, 9.17) is 18.9 Å². The van der Waals surface area contributed by atoms with Crippen LogP contribution in [0.25, 0.3) is 11.3 Å². The third kappa shape index (κ3) is 3.55. The summed E-state index contributed by atoms with van der Waals surface area (Å²) in [6.07, 6.45) is 2.38. The van der Waals surface area contributed by atoms with Crippen LogP contribution in [0.1, 0.15) is 16.8 Å². The van der Waals surface area contributed by atoms with Gasteiger partial charge in [0.1, 0.15) is 17.0 Å². The molecule has 24 heavy (non-hydrogen) atoms. The van der Waals surface area contributed by atoms with Crippen LogP contribution >= 0.6 is 0 Å². The molecule has 0 N–H and O–H groups in total. The van der Waals surface area contributed by atoms with Gasteiger partial charge in [0, 0.05) is 18.5 Å². The molecule has 1 aromatic carbocycles. The lowest BCUT2D eigenvalue weighted by Crippen LogP contribution is -2.12. The van der Waals surface area contributed by atoms with Crippen molar-refractivity contribution in [1.29, 1.82) is 0 Å². The molecule has 8 heteroatoms. The second kappa shape index (κ2) is 7.41. The zero-order valence-corrected chi connectivity index (χ0v) is 13.6. The Bertz CT molecular complexity index is 709. The van der Waals surface area contributed by atoms with Gasteiger partial charge in [-0.1, -0.05) is 11.3 Å². The van der Waals surface area contributed by atoms with Gasteiger partial charge < -0.3 is 18.9 Å². The molecule has 8 nitrogen and oxygen atoms in total. The van der Waals surface area contributed by atoms with Crippen LogP contribution in [0.15, 0.2) is 24.4 Å². The number of benzene rings is 1. The smallest absolute Gasteiger partial charge is 0.341 e. The van der Waals surface area contributed by atoms with Crippen molar-refractivity contribution in [2.24, 2.45) is 0 Å². The summed E-state index contributed by atoms with van der Waals surface area (Å²) in [5, 5.41) is 8.27. The Balaban J connectivity index is 1.73. The highest BCUT2D eigenvalue weighted by Crippen LogP contribution is 2.26. The largest absolute Gasteiger partial charge is 0.496 e. The van der Waals surface area contributed by atoms with Crippen molar-refractivity contribution in [3.8, 4) is 17.0 Å². The van der Waals surface area contributed by atoms with Crippen LogP contribution in [0.2, 0.25) is 0 Å². The van der Waals surface area contributed by atoms with E-state index < -0.39 is 5.97 Å². The van der Waals surface area contributed by atoms with Crippen molar-refractivity contribution < 1.29 is 23.7 Å². The summed E-state index contributed by atoms with van der Waals surface area (Å²) in [6, 6.07) is 5.18. The molecule has 2 aromatic rings. The van der Waals surface area contributed by atoms with E-state index in [9.17, 15) is 4.79 Å². The molecular weight excluding hydrogens is 314 g/mol. The molecule has 3 rings (SSSR count). The number of hydrogen-bond donors (Lipinski definition) is 0. The molecule has 0 unspecified atom stereocenters. The fourth-order valence-electron chi connectivity index (χ4n) is 2.48. The number of carbonyl (C=O) groups excluding carboxylic acids is 1. The first-order chi connectivity index (χ1) is 11.7. The predicted octanol–water partition coefficient (Wildman–Crippen LogP) is 1.50. The first kappa shape index (κ1) is 16.4. The van der Waals surface area contributed by atoms with Gasteiger partial charge in [-0.15, -0.1) is 5.10 Å². The lowest BCUT2D eigenvalue weighted by atomic mass is 10.1. The monoisotopic (exact) mass is 333 g/mol. The molecule has 1 aliphatic heterocycles. The summed E-state index contributed by atoms with van der Waals surface area (Å²) in [6.45, 7) is 1.92. The highest BCUT2D eigenvalue weighted by molar-refractivity contribution is 5.93. The van der Waals surface area contributed by atoms with Crippen LogP contribution < -0.4 is 4.74 Å². The average Bonchev–Trinajstić information content (AvgIpc) is 3.30. The van der Waals surface area contributed by atoms with Crippen molar-refractivity contribution in [2.75, 3.05) is 27.4 Å². The molecule has 0 radical (unpaired) electrons. The van der Waals surface area contributed by atoms with E-state index in [1.54, 1.807) is 22.9 Å². The summed E-state index contributed by atoms with van der Waals surface area (Å²) in [4.78, 5) is 11.7. The van der Waals surface area contributed by atoms with E-state index in [1.807, 2.05) is 6.20 Å². The number of nitrogens with zero attached hydrogens (tertiary/aromatic N) is 3. The molecule has 0 spiro atoms. The number of aryl methyl sites for hydroxylation is 1. The van der Waals surface area contributed by atoms with Gasteiger partial charge in [-0.2, -0.15) is 0 Å². The summed E-state index contributed by atoms with van der Waals surface area (Å²) >= 11 is 0. The van der Waals surface area contributed by atoms with Crippen molar-refractivity contribution in [2.45, 2.75) is 19.3 Å². The van der Waals surface area contributed by atoms with Crippen LogP contribution in [0.5, 0.6) is 5.75 Å². The summed E-state index contributed by atoms with van der Waals surface area (Å²) in [5.74, 6) is -0.0136. The van der Waals surface area contributed by atoms with Crippen LogP contribution in [0.3, 0.4) is 0 Å². The van der Waals surface area contributed by atoms with Crippen molar-refractivity contribution in [1.82, 2.24) is 15.0 Å². The normalized spacial score (nSPS) is 14.8. The zero-order chi connectivity index (χ0) is 16.9. The van der Waals surface area contributed by atoms with Gasteiger partial charge in [0.25, 0.3) is 0 Å². The minimum absolute atomic E-state index is 0.169. The van der Waals surface area contributed by atoms with Gasteiger partial charge in [-0.05, 0) is 12.1 Å². The van der Waals surface area contributed by atoms with Crippen molar-refractivity contribution in [3.05, 3.63) is 30.0 Å². The zero-order valence-electron chi connectivity index (χ0n) is 13.6. The van der Waals surface area contributed by atoms with Crippen LogP contribution in [-0.2, 0) is 20.8 Å². The second-order valence-corrected chi connectivity index (χ2v) is 5.23. The van der Waals surface area contributed by atoms with E-state index in [-0.39, 0.29) is 6.29 Å². The highest BCUT2D eigenvalue weighted by atomic mass is 16.7. The first-order valence-corrected chi connectivity index (χ1v) is 7.61. The minimum atomic E-state index is -0.446. The molecule has 0 saturated carbocycles. The molecule has 2 heterocycles. The molecule has 1 fully saturated rings. The predicted molar refractivity (Wildman–Crippen MR) is 83.7 cm³/mol. The van der Waals surface area contributed by atoms with Crippen LogP contribution in [0.4, 0.5) is 0 Å². The van der Waals surface area contributed by atoms with Gasteiger partial charge >= 0.3 is 5.97 Å². The lowest BCUT2D eigenvalue weighted by molar-refractivity contribution is -0.0496. The van der Waals surface area contributed by atoms with Gasteiger partial charge in [0.15, 0.2) is 6.29 Å². The number of ether oxygens (including phenoxy) is 4. The Morgan fingerprint density at radius 1 is 1.33 bits per heavy atom. The molecule has 0 atom stereocenters. The lowest BCUT2D eigenvalue weighted by Gasteiger charge is -2.08. The standard InChI is InChI=1S/C16H19N3O5/c1-21-14-9-11(3-4-12(14)16(20)22-2)13-10-19(18-17-13)6-5-15-23-7-8-24-15/h3-4,9-10,15H,5-8H2,1-2H3. The first-order valence-electron chi connectivity index (χ1n) is 7.61. The van der Waals surface area contributed by atoms with Gasteiger partial charge in [-0.3, -0.25) is 4.68 Å². The highest BCUT2D eigenvalue weighted by Gasteiger charge is 2.17. The SMILES string of the molecule is COC(=O)c1ccc(-c2cn(CCC3OCCO3)nn2)cc1OC. The molecule has 0 bridgehead atoms. The molecule has 128 valence electrons. The molecule has 1 aromatic heterocycles. The third-order valence-electron chi connectivity index (χ3n) is 3.73. The Morgan fingerprint density at radius 2 is 2.12 bits per heavy atom. The summed E-state index contributed by atoms with van der Waals surface area (Å²) in [7, 11) is 2.84. The van der Waals surface area contributed by atoms with Gasteiger partial charge in [0.05, 0.1) is 33.6 Å². The topological polar surface area (TPSA) is 84.7 Å². The molecule has 1 aliphatic rings. The molecule has 1 saturated heterocycles. The maximum Gasteiger partial charge on any atom is 0.341 e. The van der Waals surface area contributed by atoms with Crippen molar-refractivity contribution >= 4 is 5.97 Å². The fraction of sp³-hybridized carbons (Fsp3) is 0.438. The Morgan fingerprint density at radius 3 is 2.83 bits per heavy atom. The number of esters is 1. The van der Waals surface area contributed by atoms with E-state index in [2.05, 4.69) is 10.3 Å². The number of aromatic nitrogens is 3. The number of carbonyl (C=O) groups is 1. The number of hydrogen-bond acceptors (Lipinski definition) is 7. The van der Waals surface area contributed by atoms with Gasteiger partial charge in [0.2, 0.25) is 0 Å². The summed E-state index contributed by atoms with van der Waals surface area (Å²) < 4.78 is 22.5. The molecular formula is C16H19N3O5. The van der Waals surface area contributed by atoms with E-state index >= 15 is 0 Å². The van der Waals surface area contributed by atoms with Crippen LogP contribution in [-0.4, -0.2) is 54.7 Å². The maximum absolute atomic E-state index is 11.7. The average molecular weight is 333 g/mol. The quantitative estimate of drug-likeness (QED) is 0.741. The third-order valence-corrected chi connectivity index (χ3v) is 3.73. The fourth-order valence-corrected chi connectivity index (χ4v) is 2.48. The Hall–Kier alpha value is -2.45. The van der Waals surface area contributed by atoms with Crippen LogP contribution in [0, 0.1) is 0 Å². The maximum atomic E-state index is 11.7. The Kier molecular flexibility index (Phi) is 5.07. The molecule has 0 amide bonds. The van der Waals surface area contributed by atoms with E-state index in [1.165, 1.54) is 14.2 Å². The number of methoxy groups -OCH3 is 2. The second-order valence-electron chi connectivity index (χ2n) is 5.23. The van der Waals surface area contributed by atoms with E-state index in [0.717, 1.165) is 5.56 Å². The summed E-state index contributed by atoms with van der Waals surface area (Å²) in [5.41, 5.74) is 1.86. The molecule has 0 aliphatic carbocycles. The van der Waals surface area contributed by atoms with Crippen molar-refractivity contribution in [3.63, 3.8) is 0 Å². The minimum Gasteiger partial charge on any atom is -0.496 e. The van der Waals surface area contributed by atoms with Gasteiger partial charge in [-0.25, -0.2) is 4.79 Å².